The number of benzene rings is 2. The molecule has 0 aliphatic heterocycles. The van der Waals surface area contributed by atoms with Crippen molar-refractivity contribution in [3.05, 3.63) is 65.2 Å². The number of rotatable bonds is 22. The maximum atomic E-state index is 13.8. The van der Waals surface area contributed by atoms with Crippen LogP contribution in [-0.2, 0) is 36.8 Å². The highest BCUT2D eigenvalue weighted by molar-refractivity contribution is 5.92. The Labute approximate surface area is 310 Å². The molecule has 0 saturated carbocycles. The fourth-order valence-electron chi connectivity index (χ4n) is 5.76. The summed E-state index contributed by atoms with van der Waals surface area (Å²) < 4.78 is 0. The molecular weight excluding hydrogens is 660 g/mol. The number of unbranched alkanes of at least 4 members (excludes halogenated alkanes) is 4. The number of amides is 3. The third-order valence-corrected chi connectivity index (χ3v) is 8.79. The van der Waals surface area contributed by atoms with Crippen LogP contribution in [0.1, 0.15) is 116 Å². The third kappa shape index (κ3) is 17.3. The smallest absolute Gasteiger partial charge is 0.326 e. The van der Waals surface area contributed by atoms with Crippen LogP contribution < -0.4 is 21.3 Å². The Bertz CT molecular complexity index is 1460. The van der Waals surface area contributed by atoms with Crippen molar-refractivity contribution in [2.45, 2.75) is 143 Å². The van der Waals surface area contributed by atoms with E-state index in [0.29, 0.717) is 44.2 Å². The molecule has 11 nitrogen and oxygen atoms in total. The van der Waals surface area contributed by atoms with Gasteiger partial charge in [-0.05, 0) is 89.0 Å². The molecular formula is C41H62N4O7. The lowest BCUT2D eigenvalue weighted by molar-refractivity contribution is -0.142. The molecule has 0 radical (unpaired) electrons. The second-order valence-corrected chi connectivity index (χ2v) is 15.9. The predicted molar refractivity (Wildman–Crippen MR) is 204 cm³/mol. The Hall–Kier alpha value is -4.25. The summed E-state index contributed by atoms with van der Waals surface area (Å²) in [6.45, 7) is 13.8. The minimum atomic E-state index is -1.18. The topological polar surface area (TPSA) is 174 Å². The van der Waals surface area contributed by atoms with Crippen molar-refractivity contribution in [2.75, 3.05) is 6.54 Å². The standard InChI is InChI=1S/C41H62N4O7/c1-28-25-30(22-23-34(28)46)27-33(45-41(5,6)7)38(50)44-32(26-29-17-11-10-12-18-29)37(49)43-31(39(51)52)19-15-16-24-42-36(48)21-14-9-8-13-20-35(47)40(2,3)4/h10-12,17-18,22-23,25,31-33,45-46H,8-9,13-16,19-21,24,26-27H2,1-7H3,(H,42,48)(H,43,49)(H,44,50)(H,51,52). The molecule has 2 aromatic carbocycles. The number of hydrogen-bond acceptors (Lipinski definition) is 7. The molecule has 2 rings (SSSR count). The maximum absolute atomic E-state index is 13.8. The highest BCUT2D eigenvalue weighted by Crippen LogP contribution is 2.20. The van der Waals surface area contributed by atoms with E-state index in [0.717, 1.165) is 36.8 Å². The second kappa shape index (κ2) is 21.3. The predicted octanol–water partition coefficient (Wildman–Crippen LogP) is 5.54. The number of carboxylic acids is 1. The average molecular weight is 723 g/mol. The molecule has 0 heterocycles. The Morgan fingerprint density at radius 2 is 1.29 bits per heavy atom. The van der Waals surface area contributed by atoms with Gasteiger partial charge < -0.3 is 31.5 Å². The van der Waals surface area contributed by atoms with Gasteiger partial charge in [0.15, 0.2) is 0 Å². The number of carbonyl (C=O) groups excluding carboxylic acids is 4. The van der Waals surface area contributed by atoms with Gasteiger partial charge in [0.05, 0.1) is 6.04 Å². The van der Waals surface area contributed by atoms with Crippen LogP contribution in [0.15, 0.2) is 48.5 Å². The van der Waals surface area contributed by atoms with Crippen molar-refractivity contribution < 1.29 is 34.2 Å². The lowest BCUT2D eigenvalue weighted by Crippen LogP contribution is -2.58. The molecule has 3 unspecified atom stereocenters. The fraction of sp³-hybridized carbons (Fsp3) is 0.585. The zero-order chi connectivity index (χ0) is 38.9. The van der Waals surface area contributed by atoms with Gasteiger partial charge in [0, 0.05) is 36.8 Å². The SMILES string of the molecule is Cc1cc(CC(NC(C)(C)C)C(=O)NC(Cc2ccccc2)C(=O)NC(CCCCNC(=O)CCCCCCC(=O)C(C)(C)C)C(=O)O)ccc1O. The molecule has 3 atom stereocenters. The Balaban J connectivity index is 1.95. The van der Waals surface area contributed by atoms with Crippen molar-refractivity contribution in [3.63, 3.8) is 0 Å². The van der Waals surface area contributed by atoms with Crippen LogP contribution in [0, 0.1) is 12.3 Å². The molecule has 6 N–H and O–H groups in total. The van der Waals surface area contributed by atoms with Gasteiger partial charge in [0.25, 0.3) is 0 Å². The van der Waals surface area contributed by atoms with Gasteiger partial charge in [-0.3, -0.25) is 19.2 Å². The van der Waals surface area contributed by atoms with Crippen LogP contribution in [0.5, 0.6) is 5.75 Å². The first-order chi connectivity index (χ1) is 24.4. The number of hydrogen-bond donors (Lipinski definition) is 6. The van der Waals surface area contributed by atoms with Gasteiger partial charge in [-0.2, -0.15) is 0 Å². The Morgan fingerprint density at radius 1 is 0.692 bits per heavy atom. The Morgan fingerprint density at radius 3 is 1.88 bits per heavy atom. The molecule has 0 aliphatic rings. The van der Waals surface area contributed by atoms with E-state index in [4.69, 9.17) is 0 Å². The van der Waals surface area contributed by atoms with Crippen molar-refractivity contribution in [3.8, 4) is 5.75 Å². The van der Waals surface area contributed by atoms with Crippen molar-refractivity contribution in [1.29, 1.82) is 0 Å². The average Bonchev–Trinajstić information content (AvgIpc) is 3.05. The van der Waals surface area contributed by atoms with Crippen LogP contribution in [-0.4, -0.2) is 69.9 Å². The first-order valence-corrected chi connectivity index (χ1v) is 18.6. The monoisotopic (exact) mass is 722 g/mol. The lowest BCUT2D eigenvalue weighted by Gasteiger charge is -2.30. The summed E-state index contributed by atoms with van der Waals surface area (Å²) in [5.74, 6) is -1.83. The minimum Gasteiger partial charge on any atom is -0.508 e. The Kier molecular flexibility index (Phi) is 18.0. The molecule has 0 bridgehead atoms. The van der Waals surface area contributed by atoms with Crippen LogP contribution in [0.25, 0.3) is 0 Å². The van der Waals surface area contributed by atoms with Gasteiger partial charge in [0.2, 0.25) is 17.7 Å². The molecule has 288 valence electrons. The van der Waals surface area contributed by atoms with Gasteiger partial charge in [-0.15, -0.1) is 0 Å². The molecule has 0 aromatic heterocycles. The molecule has 11 heteroatoms. The van der Waals surface area contributed by atoms with E-state index in [-0.39, 0.29) is 35.7 Å². The number of nitrogens with one attached hydrogen (secondary N) is 4. The largest absolute Gasteiger partial charge is 0.508 e. The molecule has 0 spiro atoms. The van der Waals surface area contributed by atoms with Crippen LogP contribution >= 0.6 is 0 Å². The molecule has 0 fully saturated rings. The van der Waals surface area contributed by atoms with E-state index >= 15 is 0 Å². The third-order valence-electron chi connectivity index (χ3n) is 8.79. The summed E-state index contributed by atoms with van der Waals surface area (Å²) in [5, 5.41) is 31.7. The van der Waals surface area contributed by atoms with Gasteiger partial charge >= 0.3 is 5.97 Å². The van der Waals surface area contributed by atoms with Gasteiger partial charge in [0.1, 0.15) is 23.6 Å². The minimum absolute atomic E-state index is 0.0619. The zero-order valence-corrected chi connectivity index (χ0v) is 32.3. The van der Waals surface area contributed by atoms with Crippen molar-refractivity contribution in [1.82, 2.24) is 21.3 Å². The zero-order valence-electron chi connectivity index (χ0n) is 32.3. The van der Waals surface area contributed by atoms with E-state index in [1.165, 1.54) is 0 Å². The highest BCUT2D eigenvalue weighted by Gasteiger charge is 2.31. The normalized spacial score (nSPS) is 13.4. The molecule has 2 aromatic rings. The number of phenolic OH excluding ortho intramolecular Hbond substituents is 1. The van der Waals surface area contributed by atoms with Gasteiger partial charge in [-0.1, -0.05) is 76.1 Å². The number of aryl methyl sites for hydroxylation is 1. The second-order valence-electron chi connectivity index (χ2n) is 15.9. The van der Waals surface area contributed by atoms with Gasteiger partial charge in [-0.25, -0.2) is 4.79 Å². The summed E-state index contributed by atoms with van der Waals surface area (Å²) in [5.41, 5.74) is 1.56. The van der Waals surface area contributed by atoms with Crippen LogP contribution in [0.2, 0.25) is 0 Å². The van der Waals surface area contributed by atoms with E-state index in [1.807, 2.05) is 77.9 Å². The van der Waals surface area contributed by atoms with Crippen LogP contribution in [0.3, 0.4) is 0 Å². The molecule has 52 heavy (non-hydrogen) atoms. The van der Waals surface area contributed by atoms with E-state index < -0.39 is 41.4 Å². The summed E-state index contributed by atoms with van der Waals surface area (Å²) >= 11 is 0. The summed E-state index contributed by atoms with van der Waals surface area (Å²) in [6.07, 6.45) is 5.93. The number of carboxylic acid groups (broad SMARTS) is 1. The number of phenols is 1. The number of aromatic hydroxyl groups is 1. The first kappa shape index (κ1) is 43.9. The van der Waals surface area contributed by atoms with E-state index in [9.17, 15) is 34.2 Å². The lowest BCUT2D eigenvalue weighted by atomic mass is 9.88. The van der Waals surface area contributed by atoms with Crippen LogP contribution in [0.4, 0.5) is 0 Å². The number of Topliss-reactive ketones (excluding diaryl/α,β-unsaturated/α-hetero) is 1. The summed E-state index contributed by atoms with van der Waals surface area (Å²) in [6, 6.07) is 11.4. The summed E-state index contributed by atoms with van der Waals surface area (Å²) in [4.78, 5) is 64.0. The maximum Gasteiger partial charge on any atom is 0.326 e. The van der Waals surface area contributed by atoms with E-state index in [2.05, 4.69) is 21.3 Å². The number of aliphatic carboxylic acids is 1. The summed E-state index contributed by atoms with van der Waals surface area (Å²) in [7, 11) is 0. The molecule has 3 amide bonds. The fourth-order valence-corrected chi connectivity index (χ4v) is 5.76. The number of ketones is 1. The van der Waals surface area contributed by atoms with E-state index in [1.54, 1.807) is 19.1 Å². The molecule has 0 saturated heterocycles. The quantitative estimate of drug-likeness (QED) is 0.0860. The van der Waals surface area contributed by atoms with Crippen molar-refractivity contribution >= 4 is 29.5 Å². The number of carbonyl (C=O) groups is 5. The highest BCUT2D eigenvalue weighted by atomic mass is 16.4. The first-order valence-electron chi connectivity index (χ1n) is 18.6. The van der Waals surface area contributed by atoms with Crippen molar-refractivity contribution in [2.24, 2.45) is 5.41 Å². The molecule has 0 aliphatic carbocycles.